The second-order valence-electron chi connectivity index (χ2n) is 4.84. The smallest absolute Gasteiger partial charge is 0.325 e. The summed E-state index contributed by atoms with van der Waals surface area (Å²) in [5.41, 5.74) is 1.74. The standard InChI is InChI=1S/C15H19NO3/c1-3-19-14(17)10-16(13-8-9-13)15(18)12-6-4-11(2)5-7-12/h4-7,13H,3,8-10H2,1-2H3. The molecule has 0 radical (unpaired) electrons. The van der Waals surface area contributed by atoms with Crippen LogP contribution in [0.1, 0.15) is 35.7 Å². The fraction of sp³-hybridized carbons (Fsp3) is 0.467. The van der Waals surface area contributed by atoms with Crippen molar-refractivity contribution in [3.05, 3.63) is 35.4 Å². The van der Waals surface area contributed by atoms with Crippen molar-refractivity contribution in [2.75, 3.05) is 13.2 Å². The molecule has 1 aromatic carbocycles. The van der Waals surface area contributed by atoms with Gasteiger partial charge in [0.15, 0.2) is 0 Å². The number of carbonyl (C=O) groups is 2. The Balaban J connectivity index is 2.08. The van der Waals surface area contributed by atoms with Gasteiger partial charge >= 0.3 is 5.97 Å². The molecule has 4 heteroatoms. The third-order valence-corrected chi connectivity index (χ3v) is 3.15. The molecule has 0 aliphatic heterocycles. The number of hydrogen-bond acceptors (Lipinski definition) is 3. The maximum Gasteiger partial charge on any atom is 0.325 e. The Labute approximate surface area is 113 Å². The zero-order chi connectivity index (χ0) is 13.8. The highest BCUT2D eigenvalue weighted by atomic mass is 16.5. The maximum absolute atomic E-state index is 12.4. The summed E-state index contributed by atoms with van der Waals surface area (Å²) in [7, 11) is 0. The van der Waals surface area contributed by atoms with Crippen molar-refractivity contribution in [1.29, 1.82) is 0 Å². The van der Waals surface area contributed by atoms with Crippen molar-refractivity contribution in [3.63, 3.8) is 0 Å². The van der Waals surface area contributed by atoms with E-state index in [9.17, 15) is 9.59 Å². The lowest BCUT2D eigenvalue weighted by Gasteiger charge is -2.21. The van der Waals surface area contributed by atoms with Crippen LogP contribution in [0.25, 0.3) is 0 Å². The molecule has 0 spiro atoms. The number of carbonyl (C=O) groups excluding carboxylic acids is 2. The van der Waals surface area contributed by atoms with Gasteiger partial charge in [0.1, 0.15) is 6.54 Å². The van der Waals surface area contributed by atoms with Crippen LogP contribution in [0.5, 0.6) is 0 Å². The molecule has 0 saturated heterocycles. The van der Waals surface area contributed by atoms with Gasteiger partial charge in [0, 0.05) is 11.6 Å². The third-order valence-electron chi connectivity index (χ3n) is 3.15. The van der Waals surface area contributed by atoms with Gasteiger partial charge in [0.25, 0.3) is 5.91 Å². The number of esters is 1. The summed E-state index contributed by atoms with van der Waals surface area (Å²) in [5, 5.41) is 0. The first-order valence-corrected chi connectivity index (χ1v) is 6.65. The van der Waals surface area contributed by atoms with Crippen LogP contribution in [-0.4, -0.2) is 36.0 Å². The van der Waals surface area contributed by atoms with Crippen molar-refractivity contribution in [2.45, 2.75) is 32.7 Å². The first-order chi connectivity index (χ1) is 9.11. The number of rotatable bonds is 5. The van der Waals surface area contributed by atoms with E-state index in [0.29, 0.717) is 12.2 Å². The van der Waals surface area contributed by atoms with Gasteiger partial charge in [-0.25, -0.2) is 0 Å². The molecule has 0 atom stereocenters. The summed E-state index contributed by atoms with van der Waals surface area (Å²) in [6.45, 7) is 4.13. The Morgan fingerprint density at radius 3 is 2.42 bits per heavy atom. The average Bonchev–Trinajstić information content (AvgIpc) is 3.21. The number of amides is 1. The van der Waals surface area contributed by atoms with Crippen LogP contribution in [0.15, 0.2) is 24.3 Å². The monoisotopic (exact) mass is 261 g/mol. The molecule has 1 fully saturated rings. The van der Waals surface area contributed by atoms with E-state index in [-0.39, 0.29) is 24.5 Å². The van der Waals surface area contributed by atoms with Crippen molar-refractivity contribution in [3.8, 4) is 0 Å². The minimum atomic E-state index is -0.338. The lowest BCUT2D eigenvalue weighted by molar-refractivity contribution is -0.144. The average molecular weight is 261 g/mol. The minimum absolute atomic E-state index is 0.0468. The predicted molar refractivity (Wildman–Crippen MR) is 71.9 cm³/mol. The molecule has 0 bridgehead atoms. The van der Waals surface area contributed by atoms with Crippen LogP contribution >= 0.6 is 0 Å². The van der Waals surface area contributed by atoms with Crippen LogP contribution in [0.4, 0.5) is 0 Å². The van der Waals surface area contributed by atoms with Crippen molar-refractivity contribution >= 4 is 11.9 Å². The van der Waals surface area contributed by atoms with Crippen LogP contribution in [-0.2, 0) is 9.53 Å². The fourth-order valence-electron chi connectivity index (χ4n) is 1.96. The SMILES string of the molecule is CCOC(=O)CN(C(=O)c1ccc(C)cc1)C1CC1. The number of nitrogens with zero attached hydrogens (tertiary/aromatic N) is 1. The number of aryl methyl sites for hydroxylation is 1. The highest BCUT2D eigenvalue weighted by molar-refractivity contribution is 5.96. The minimum Gasteiger partial charge on any atom is -0.465 e. The number of benzene rings is 1. The lowest BCUT2D eigenvalue weighted by Crippen LogP contribution is -2.38. The molecule has 1 aliphatic carbocycles. The van der Waals surface area contributed by atoms with E-state index in [0.717, 1.165) is 18.4 Å². The van der Waals surface area contributed by atoms with Crippen LogP contribution in [0, 0.1) is 6.92 Å². The van der Waals surface area contributed by atoms with E-state index in [1.54, 1.807) is 24.0 Å². The van der Waals surface area contributed by atoms with Crippen molar-refractivity contribution < 1.29 is 14.3 Å². The largest absolute Gasteiger partial charge is 0.465 e. The summed E-state index contributed by atoms with van der Waals surface area (Å²) in [6, 6.07) is 7.61. The quantitative estimate of drug-likeness (QED) is 0.763. The zero-order valence-electron chi connectivity index (χ0n) is 11.4. The molecular weight excluding hydrogens is 242 g/mol. The predicted octanol–water partition coefficient (Wildman–Crippen LogP) is 2.16. The Bertz CT molecular complexity index is 463. The van der Waals surface area contributed by atoms with Gasteiger partial charge < -0.3 is 9.64 Å². The summed E-state index contributed by atoms with van der Waals surface area (Å²) in [6.07, 6.45) is 1.94. The van der Waals surface area contributed by atoms with Crippen molar-refractivity contribution in [2.24, 2.45) is 0 Å². The molecular formula is C15H19NO3. The molecule has 1 aliphatic rings. The molecule has 1 aromatic rings. The summed E-state index contributed by atoms with van der Waals surface area (Å²) < 4.78 is 4.92. The van der Waals surface area contributed by atoms with Crippen LogP contribution in [0.2, 0.25) is 0 Å². The van der Waals surface area contributed by atoms with Gasteiger partial charge in [-0.1, -0.05) is 17.7 Å². The second-order valence-corrected chi connectivity index (χ2v) is 4.84. The molecule has 19 heavy (non-hydrogen) atoms. The van der Waals surface area contributed by atoms with E-state index in [1.807, 2.05) is 19.1 Å². The highest BCUT2D eigenvalue weighted by Crippen LogP contribution is 2.28. The summed E-state index contributed by atoms with van der Waals surface area (Å²) >= 11 is 0. The second kappa shape index (κ2) is 5.87. The van der Waals surface area contributed by atoms with Gasteiger partial charge in [-0.3, -0.25) is 9.59 Å². The normalized spacial score (nSPS) is 14.0. The molecule has 4 nitrogen and oxygen atoms in total. The first-order valence-electron chi connectivity index (χ1n) is 6.65. The van der Waals surface area contributed by atoms with E-state index in [1.165, 1.54) is 0 Å². The van der Waals surface area contributed by atoms with Gasteiger partial charge in [-0.15, -0.1) is 0 Å². The Hall–Kier alpha value is -1.84. The lowest BCUT2D eigenvalue weighted by atomic mass is 10.1. The topological polar surface area (TPSA) is 46.6 Å². The molecule has 2 rings (SSSR count). The van der Waals surface area contributed by atoms with Gasteiger partial charge in [0.05, 0.1) is 6.61 Å². The highest BCUT2D eigenvalue weighted by Gasteiger charge is 2.34. The number of ether oxygens (including phenoxy) is 1. The molecule has 1 amide bonds. The first kappa shape index (κ1) is 13.6. The summed E-state index contributed by atoms with van der Waals surface area (Å²) in [4.78, 5) is 25.6. The Morgan fingerprint density at radius 2 is 1.89 bits per heavy atom. The van der Waals surface area contributed by atoms with E-state index >= 15 is 0 Å². The van der Waals surface area contributed by atoms with Crippen LogP contribution in [0.3, 0.4) is 0 Å². The summed E-state index contributed by atoms with van der Waals surface area (Å²) in [5.74, 6) is -0.426. The van der Waals surface area contributed by atoms with Crippen molar-refractivity contribution in [1.82, 2.24) is 4.90 Å². The molecule has 0 N–H and O–H groups in total. The van der Waals surface area contributed by atoms with E-state index in [4.69, 9.17) is 4.74 Å². The molecule has 102 valence electrons. The van der Waals surface area contributed by atoms with Gasteiger partial charge in [0.2, 0.25) is 0 Å². The molecule has 0 heterocycles. The van der Waals surface area contributed by atoms with Crippen LogP contribution < -0.4 is 0 Å². The van der Waals surface area contributed by atoms with E-state index < -0.39 is 0 Å². The maximum atomic E-state index is 12.4. The number of hydrogen-bond donors (Lipinski definition) is 0. The molecule has 1 saturated carbocycles. The van der Waals surface area contributed by atoms with Gasteiger partial charge in [-0.05, 0) is 38.8 Å². The Morgan fingerprint density at radius 1 is 1.26 bits per heavy atom. The molecule has 0 unspecified atom stereocenters. The van der Waals surface area contributed by atoms with E-state index in [2.05, 4.69) is 0 Å². The van der Waals surface area contributed by atoms with Gasteiger partial charge in [-0.2, -0.15) is 0 Å². The third kappa shape index (κ3) is 3.56. The Kier molecular flexibility index (Phi) is 4.20. The molecule has 0 aromatic heterocycles. The zero-order valence-corrected chi connectivity index (χ0v) is 11.4. The fourth-order valence-corrected chi connectivity index (χ4v) is 1.96.